The van der Waals surface area contributed by atoms with Crippen LogP contribution in [0.25, 0.3) is 0 Å². The molecule has 0 spiro atoms. The Morgan fingerprint density at radius 3 is 2.35 bits per heavy atom. The maximum Gasteiger partial charge on any atom is 0.315 e. The summed E-state index contributed by atoms with van der Waals surface area (Å²) in [5, 5.41) is 13.2. The van der Waals surface area contributed by atoms with E-state index in [0.29, 0.717) is 30.7 Å². The summed E-state index contributed by atoms with van der Waals surface area (Å²) in [5.74, 6) is -2.45. The summed E-state index contributed by atoms with van der Waals surface area (Å²) >= 11 is 1.39. The number of hydrogen-bond acceptors (Lipinski definition) is 8. The molecule has 0 bridgehead atoms. The zero-order chi connectivity index (χ0) is 39.8. The van der Waals surface area contributed by atoms with Gasteiger partial charge in [0, 0.05) is 37.1 Å². The molecule has 0 aromatic carbocycles. The third-order valence-electron chi connectivity index (χ3n) is 12.5. The van der Waals surface area contributed by atoms with Crippen LogP contribution in [0.1, 0.15) is 105 Å². The molecule has 3 fully saturated rings. The summed E-state index contributed by atoms with van der Waals surface area (Å²) in [6, 6.07) is -2.43. The van der Waals surface area contributed by atoms with Crippen molar-refractivity contribution in [3.8, 4) is 0 Å². The third-order valence-corrected chi connectivity index (χ3v) is 15.4. The molecule has 2 saturated carbocycles. The minimum Gasteiger partial charge on any atom is -0.346 e. The average Bonchev–Trinajstić information content (AvgIpc) is 3.56. The summed E-state index contributed by atoms with van der Waals surface area (Å²) < 4.78 is 28.1. The number of thiophene rings is 1. The normalized spacial score (nSPS) is 25.3. The van der Waals surface area contributed by atoms with Crippen LogP contribution in [0.5, 0.6) is 0 Å². The van der Waals surface area contributed by atoms with Crippen molar-refractivity contribution in [3.05, 3.63) is 29.0 Å². The van der Waals surface area contributed by atoms with Gasteiger partial charge in [-0.3, -0.25) is 19.2 Å². The van der Waals surface area contributed by atoms with Crippen molar-refractivity contribution in [2.24, 2.45) is 28.1 Å². The quantitative estimate of drug-likeness (QED) is 0.151. The van der Waals surface area contributed by atoms with Gasteiger partial charge in [0.15, 0.2) is 0 Å². The number of nitrogens with zero attached hydrogens (tertiary/aromatic N) is 2. The smallest absolute Gasteiger partial charge is 0.315 e. The second-order valence-corrected chi connectivity index (χ2v) is 20.6. The van der Waals surface area contributed by atoms with Crippen molar-refractivity contribution < 1.29 is 32.4 Å². The van der Waals surface area contributed by atoms with Gasteiger partial charge in [-0.1, -0.05) is 86.6 Å². The number of unbranched alkanes of at least 4 members (excludes halogenated alkanes) is 1. The zero-order valence-corrected chi connectivity index (χ0v) is 34.6. The standard InChI is InChI=1S/C39H60N6O7S2/c1-9-11-15-25(31(46)34(48)40-19-10-2)41-33(47)30-29-24(38(29,6)7)21-45(30)35(49)32(39(8)17-13-12-14-18-39)43-36(50)42-28(37(3,4)5)23-44-22-26-27(16-20-53-26)54(44,51)52/h10,16,20,24-25,28-30,32H,2,9,11-15,17-19,21-23H2,1,3-8H3,(H,40,48)(H,41,47)(H2,42,43,50). The fraction of sp³-hybridized carbons (Fsp3) is 0.718. The number of carbonyl (C=O) groups excluding carboxylic acids is 5. The number of Topliss-reactive ketones (excluding diaryl/α,β-unsaturated/α-hetero) is 1. The Morgan fingerprint density at radius 2 is 1.74 bits per heavy atom. The van der Waals surface area contributed by atoms with E-state index in [0.717, 1.165) is 30.6 Å². The maximum absolute atomic E-state index is 14.9. The Kier molecular flexibility index (Phi) is 12.4. The van der Waals surface area contributed by atoms with E-state index in [1.54, 1.807) is 16.3 Å². The van der Waals surface area contributed by atoms with E-state index in [-0.39, 0.29) is 49.2 Å². The molecule has 3 heterocycles. The molecule has 0 radical (unpaired) electrons. The van der Waals surface area contributed by atoms with Crippen molar-refractivity contribution in [1.82, 2.24) is 30.5 Å². The highest BCUT2D eigenvalue weighted by Gasteiger charge is 2.70. The van der Waals surface area contributed by atoms with E-state index >= 15 is 0 Å². The Hall–Kier alpha value is -3.30. The second-order valence-electron chi connectivity index (χ2n) is 17.6. The molecule has 4 N–H and O–H groups in total. The number of fused-ring (bicyclic) bond motifs is 2. The summed E-state index contributed by atoms with van der Waals surface area (Å²) in [4.78, 5) is 71.8. The first-order valence-corrected chi connectivity index (χ1v) is 21.8. The highest BCUT2D eigenvalue weighted by atomic mass is 32.2. The van der Waals surface area contributed by atoms with Crippen LogP contribution in [0, 0.1) is 28.1 Å². The lowest BCUT2D eigenvalue weighted by atomic mass is 9.70. The molecule has 6 unspecified atom stereocenters. The first-order chi connectivity index (χ1) is 25.3. The number of hydrogen-bond donors (Lipinski definition) is 4. The van der Waals surface area contributed by atoms with Gasteiger partial charge in [-0.05, 0) is 58.8 Å². The topological polar surface area (TPSA) is 174 Å². The molecule has 15 heteroatoms. The van der Waals surface area contributed by atoms with Crippen LogP contribution in [0.2, 0.25) is 0 Å². The van der Waals surface area contributed by atoms with Gasteiger partial charge in [-0.15, -0.1) is 17.9 Å². The van der Waals surface area contributed by atoms with Crippen LogP contribution < -0.4 is 21.3 Å². The van der Waals surface area contributed by atoms with Gasteiger partial charge < -0.3 is 26.2 Å². The Labute approximate surface area is 324 Å². The number of likely N-dealkylation sites (tertiary alicyclic amines) is 1. The molecule has 2 aliphatic carbocycles. The zero-order valence-electron chi connectivity index (χ0n) is 33.0. The summed E-state index contributed by atoms with van der Waals surface area (Å²) in [6.45, 7) is 18.3. The van der Waals surface area contributed by atoms with Gasteiger partial charge in [0.25, 0.3) is 5.91 Å². The fourth-order valence-corrected chi connectivity index (χ4v) is 11.7. The van der Waals surface area contributed by atoms with Gasteiger partial charge in [0.1, 0.15) is 12.1 Å². The molecular formula is C39H60N6O7S2. The summed E-state index contributed by atoms with van der Waals surface area (Å²) in [6.07, 6.45) is 7.34. The Morgan fingerprint density at radius 1 is 1.06 bits per heavy atom. The highest BCUT2D eigenvalue weighted by Crippen LogP contribution is 2.65. The van der Waals surface area contributed by atoms with Crippen LogP contribution >= 0.6 is 11.3 Å². The van der Waals surface area contributed by atoms with Crippen molar-refractivity contribution in [1.29, 1.82) is 0 Å². The average molecular weight is 789 g/mol. The number of carbonyl (C=O) groups is 5. The first kappa shape index (κ1) is 41.9. The van der Waals surface area contributed by atoms with E-state index in [1.807, 2.05) is 34.6 Å². The lowest BCUT2D eigenvalue weighted by molar-refractivity contribution is -0.146. The minimum atomic E-state index is -3.70. The van der Waals surface area contributed by atoms with E-state index in [9.17, 15) is 32.4 Å². The number of nitrogens with one attached hydrogen (secondary N) is 4. The Bertz CT molecular complexity index is 1730. The first-order valence-electron chi connectivity index (χ1n) is 19.4. The molecule has 5 amide bonds. The van der Waals surface area contributed by atoms with Crippen LogP contribution in [0.3, 0.4) is 0 Å². The van der Waals surface area contributed by atoms with E-state index < -0.39 is 68.6 Å². The largest absolute Gasteiger partial charge is 0.346 e. The van der Waals surface area contributed by atoms with Crippen LogP contribution in [-0.2, 0) is 35.7 Å². The molecule has 6 atom stereocenters. The molecule has 5 rings (SSSR count). The molecular weight excluding hydrogens is 729 g/mol. The molecule has 4 aliphatic rings. The minimum absolute atomic E-state index is 0.0578. The number of piperidine rings is 1. The van der Waals surface area contributed by atoms with E-state index in [2.05, 4.69) is 41.7 Å². The van der Waals surface area contributed by atoms with Crippen molar-refractivity contribution >= 4 is 50.9 Å². The molecule has 1 aromatic rings. The molecule has 54 heavy (non-hydrogen) atoms. The number of urea groups is 1. The van der Waals surface area contributed by atoms with Crippen molar-refractivity contribution in [2.75, 3.05) is 19.6 Å². The molecule has 1 saturated heterocycles. The SMILES string of the molecule is C=CCNC(=O)C(=O)C(CCCC)NC(=O)C1C2C(CN1C(=O)C(NC(=O)NC(CN1Cc3sccc3S1(=O)=O)C(C)(C)C)C1(C)CCCCC1)C2(C)C. The molecule has 1 aromatic heterocycles. The van der Waals surface area contributed by atoms with Crippen LogP contribution in [0.15, 0.2) is 29.0 Å². The monoisotopic (exact) mass is 788 g/mol. The number of ketones is 1. The Balaban J connectivity index is 1.38. The van der Waals surface area contributed by atoms with Gasteiger partial charge in [-0.2, -0.15) is 4.31 Å². The third kappa shape index (κ3) is 8.42. The van der Waals surface area contributed by atoms with Crippen LogP contribution in [-0.4, -0.2) is 91.0 Å². The highest BCUT2D eigenvalue weighted by molar-refractivity contribution is 7.89. The second kappa shape index (κ2) is 16.0. The molecule has 2 aliphatic heterocycles. The van der Waals surface area contributed by atoms with Crippen molar-refractivity contribution in [3.63, 3.8) is 0 Å². The number of amides is 5. The summed E-state index contributed by atoms with van der Waals surface area (Å²) in [7, 11) is -3.70. The van der Waals surface area contributed by atoms with Crippen molar-refractivity contribution in [2.45, 2.75) is 135 Å². The van der Waals surface area contributed by atoms with Gasteiger partial charge in [0.05, 0.1) is 10.9 Å². The maximum atomic E-state index is 14.9. The van der Waals surface area contributed by atoms with E-state index in [1.165, 1.54) is 21.7 Å². The lowest BCUT2D eigenvalue weighted by Gasteiger charge is -2.43. The van der Waals surface area contributed by atoms with Gasteiger partial charge >= 0.3 is 6.03 Å². The predicted molar refractivity (Wildman–Crippen MR) is 208 cm³/mol. The van der Waals surface area contributed by atoms with Gasteiger partial charge in [0.2, 0.25) is 27.6 Å². The summed E-state index contributed by atoms with van der Waals surface area (Å²) in [5.41, 5.74) is -1.34. The van der Waals surface area contributed by atoms with Crippen LogP contribution in [0.4, 0.5) is 4.79 Å². The number of sulfonamides is 1. The molecule has 13 nitrogen and oxygen atoms in total. The lowest BCUT2D eigenvalue weighted by Crippen LogP contribution is -2.63. The van der Waals surface area contributed by atoms with Gasteiger partial charge in [-0.25, -0.2) is 13.2 Å². The predicted octanol–water partition coefficient (Wildman–Crippen LogP) is 4.33. The van der Waals surface area contributed by atoms with E-state index in [4.69, 9.17) is 0 Å². The fourth-order valence-electron chi connectivity index (χ4n) is 8.80. The molecule has 300 valence electrons. The number of rotatable bonds is 15.